The minimum atomic E-state index is -1.51. The third kappa shape index (κ3) is 22.2. The summed E-state index contributed by atoms with van der Waals surface area (Å²) in [5, 5.41) is 29.3. The normalized spacial score (nSPS) is 11.5. The predicted molar refractivity (Wildman–Crippen MR) is 543 cm³/mol. The molecule has 0 aliphatic carbocycles. The molecule has 0 amide bonds. The first kappa shape index (κ1) is 83.4. The summed E-state index contributed by atoms with van der Waals surface area (Å²) in [5.74, 6) is 0. The lowest BCUT2D eigenvalue weighted by Gasteiger charge is -2.20. The van der Waals surface area contributed by atoms with Crippen LogP contribution in [0.3, 0.4) is 0 Å². The molecular weight excluding hydrogens is 1680 g/mol. The fourth-order valence-corrected chi connectivity index (χ4v) is 16.6. The van der Waals surface area contributed by atoms with Crippen molar-refractivity contribution in [2.24, 2.45) is 0 Å². The van der Waals surface area contributed by atoms with E-state index in [1.807, 2.05) is 133 Å². The first-order chi connectivity index (χ1) is 60.1. The van der Waals surface area contributed by atoms with Crippen molar-refractivity contribution < 1.29 is 10.0 Å². The van der Waals surface area contributed by atoms with Crippen LogP contribution in [-0.2, 0) is 0 Å². The van der Waals surface area contributed by atoms with Crippen molar-refractivity contribution in [1.82, 2.24) is 0 Å². The fraction of sp³-hybridized carbons (Fsp3) is 0. The standard InChI is InChI=1S/C58H42.C22H19BO2.C22H17Br.C14H8Br2/c1-5-17-43(18-6-1)29-31-47-35-39-49(37-33-45-21-9-3-10-22-45)55(41-47)57-51-25-13-15-27-53(51)58(54-28-16-14-26-52(54)57)56-42-48(32-30-44-19-7-2-8-20-44)36-40-50(56)38-34-46-23-11-4-12-24-46;24-23(25)22-17-20(12-11-18-7-3-1-4-8-18)14-16-21(22)15-13-19-9-5-2-6-10-19;23-22-17-20(12-11-18-7-3-1-4-8-18)14-16-21(22)15-13-19-9-5-2-6-10-19;15-13-9-5-1-2-6-10(9)14(16)12-8-4-3-7-11(12)13/h1-42H;1-17,24-25H;1-17H;1-8H/b31-29+,32-30+,37-33+,38-34+;2*12-11+,15-13+;. The van der Waals surface area contributed by atoms with Crippen LogP contribution in [0.4, 0.5) is 0 Å². The van der Waals surface area contributed by atoms with Crippen LogP contribution in [0.25, 0.3) is 163 Å². The number of hydrogen-bond acceptors (Lipinski definition) is 2. The highest BCUT2D eigenvalue weighted by molar-refractivity contribution is 9.11. The van der Waals surface area contributed by atoms with Gasteiger partial charge in [0.05, 0.1) is 0 Å². The maximum absolute atomic E-state index is 9.71. The van der Waals surface area contributed by atoms with Crippen molar-refractivity contribution >= 4 is 201 Å². The summed E-state index contributed by atoms with van der Waals surface area (Å²) in [4.78, 5) is 0. The summed E-state index contributed by atoms with van der Waals surface area (Å²) in [7, 11) is -1.51. The quantitative estimate of drug-likeness (QED) is 0.0481. The van der Waals surface area contributed by atoms with E-state index in [0.29, 0.717) is 5.46 Å². The second kappa shape index (κ2) is 42.3. The molecule has 0 bridgehead atoms. The van der Waals surface area contributed by atoms with Gasteiger partial charge < -0.3 is 10.0 Å². The Bertz CT molecular complexity index is 6440. The van der Waals surface area contributed by atoms with Gasteiger partial charge >= 0.3 is 7.12 Å². The maximum atomic E-state index is 9.71. The van der Waals surface area contributed by atoms with Crippen molar-refractivity contribution in [3.63, 3.8) is 0 Å². The van der Waals surface area contributed by atoms with Crippen molar-refractivity contribution in [3.05, 3.63) is 515 Å². The Morgan fingerprint density at radius 2 is 0.369 bits per heavy atom. The molecule has 0 spiro atoms. The maximum Gasteiger partial charge on any atom is 0.489 e. The van der Waals surface area contributed by atoms with Crippen LogP contribution in [-0.4, -0.2) is 17.2 Å². The summed E-state index contributed by atoms with van der Waals surface area (Å²) in [6.07, 6.45) is 34.1. The zero-order valence-electron chi connectivity index (χ0n) is 67.1. The Kier molecular flexibility index (Phi) is 28.9. The lowest BCUT2D eigenvalue weighted by Crippen LogP contribution is -2.32. The van der Waals surface area contributed by atoms with E-state index in [9.17, 15) is 10.0 Å². The van der Waals surface area contributed by atoms with Crippen molar-refractivity contribution in [3.8, 4) is 22.3 Å². The average molecular weight is 1760 g/mol. The summed E-state index contributed by atoms with van der Waals surface area (Å²) in [6, 6.07) is 143. The molecule has 2 N–H and O–H groups in total. The molecule has 586 valence electrons. The molecule has 18 rings (SSSR count). The van der Waals surface area contributed by atoms with Gasteiger partial charge in [0, 0.05) is 13.4 Å². The lowest BCUT2D eigenvalue weighted by atomic mass is 9.76. The Morgan fingerprint density at radius 1 is 0.172 bits per heavy atom. The number of benzene rings is 18. The molecule has 0 saturated heterocycles. The predicted octanol–water partition coefficient (Wildman–Crippen LogP) is 32.0. The highest BCUT2D eigenvalue weighted by Crippen LogP contribution is 2.47. The van der Waals surface area contributed by atoms with Gasteiger partial charge in [-0.3, -0.25) is 0 Å². The topological polar surface area (TPSA) is 40.5 Å². The molecule has 122 heavy (non-hydrogen) atoms. The molecular formula is C116H86BBr3O2. The minimum absolute atomic E-state index is 0.488. The molecule has 0 aliphatic rings. The van der Waals surface area contributed by atoms with Crippen LogP contribution < -0.4 is 5.46 Å². The van der Waals surface area contributed by atoms with Crippen LogP contribution in [0.2, 0.25) is 0 Å². The first-order valence-corrected chi connectivity index (χ1v) is 43.1. The van der Waals surface area contributed by atoms with Crippen LogP contribution in [0, 0.1) is 0 Å². The van der Waals surface area contributed by atoms with Crippen molar-refractivity contribution in [2.75, 3.05) is 0 Å². The van der Waals surface area contributed by atoms with Gasteiger partial charge in [-0.05, 0) is 210 Å². The van der Waals surface area contributed by atoms with E-state index >= 15 is 0 Å². The zero-order chi connectivity index (χ0) is 83.4. The third-order valence-electron chi connectivity index (χ3n) is 20.9. The first-order valence-electron chi connectivity index (χ1n) is 40.7. The van der Waals surface area contributed by atoms with Gasteiger partial charge in [0.15, 0.2) is 0 Å². The molecule has 18 aromatic rings. The summed E-state index contributed by atoms with van der Waals surface area (Å²) in [5.41, 5.74) is 23.3. The number of halogens is 3. The average Bonchev–Trinajstić information content (AvgIpc) is 0.727. The van der Waals surface area contributed by atoms with Crippen molar-refractivity contribution in [1.29, 1.82) is 0 Å². The summed E-state index contributed by atoms with van der Waals surface area (Å²) >= 11 is 11.1. The number of hydrogen-bond donors (Lipinski definition) is 2. The smallest absolute Gasteiger partial charge is 0.423 e. The van der Waals surface area contributed by atoms with E-state index in [0.717, 1.165) is 37.9 Å². The lowest BCUT2D eigenvalue weighted by molar-refractivity contribution is 0.425. The number of rotatable bonds is 19. The molecule has 0 saturated carbocycles. The summed E-state index contributed by atoms with van der Waals surface area (Å²) in [6.45, 7) is 0. The molecule has 0 fully saturated rings. The highest BCUT2D eigenvalue weighted by atomic mass is 79.9. The SMILES string of the molecule is Brc1c2ccccc2c(Br)c2ccccc12.Brc1cc(/C=C/c2ccccc2)ccc1/C=C/c1ccccc1.C(=C\c1ccc(/C=C/c2ccccc2)c(-c2c3ccccc3c(-c3cc(/C=C/c4ccccc4)ccc3/C=C/c3ccccc3)c3ccccc23)c1)/c1ccccc1.OB(O)c1cc(/C=C/c2ccccc2)ccc1/C=C/c1ccccc1. The Balaban J connectivity index is 0.000000147. The third-order valence-corrected chi connectivity index (χ3v) is 23.3. The van der Waals surface area contributed by atoms with Gasteiger partial charge in [0.25, 0.3) is 0 Å². The second-order valence-corrected chi connectivity index (χ2v) is 31.7. The molecule has 6 heteroatoms. The molecule has 18 aromatic carbocycles. The molecule has 0 unspecified atom stereocenters. The molecule has 0 aliphatic heterocycles. The van der Waals surface area contributed by atoms with Crippen LogP contribution in [0.1, 0.15) is 89.0 Å². The largest absolute Gasteiger partial charge is 0.489 e. The van der Waals surface area contributed by atoms with E-state index in [1.54, 1.807) is 6.07 Å². The highest BCUT2D eigenvalue weighted by Gasteiger charge is 2.21. The van der Waals surface area contributed by atoms with Crippen LogP contribution in [0.15, 0.2) is 426 Å². The van der Waals surface area contributed by atoms with E-state index < -0.39 is 7.12 Å². The Hall–Kier alpha value is -13.7. The summed E-state index contributed by atoms with van der Waals surface area (Å²) < 4.78 is 3.43. The van der Waals surface area contributed by atoms with Crippen LogP contribution in [0.5, 0.6) is 0 Å². The van der Waals surface area contributed by atoms with Gasteiger partial charge in [0.2, 0.25) is 0 Å². The van der Waals surface area contributed by atoms with Gasteiger partial charge in [-0.2, -0.15) is 0 Å². The molecule has 2 nitrogen and oxygen atoms in total. The molecule has 0 aromatic heterocycles. The van der Waals surface area contributed by atoms with Gasteiger partial charge in [-0.15, -0.1) is 0 Å². The van der Waals surface area contributed by atoms with E-state index in [2.05, 4.69) is 418 Å². The molecule has 0 heterocycles. The van der Waals surface area contributed by atoms with Gasteiger partial charge in [0.1, 0.15) is 0 Å². The van der Waals surface area contributed by atoms with Gasteiger partial charge in [-0.25, -0.2) is 0 Å². The second-order valence-electron chi connectivity index (χ2n) is 29.2. The monoisotopic (exact) mass is 1760 g/mol. The van der Waals surface area contributed by atoms with E-state index in [4.69, 9.17) is 0 Å². The number of fused-ring (bicyclic) bond motifs is 4. The molecule has 0 radical (unpaired) electrons. The van der Waals surface area contributed by atoms with Crippen molar-refractivity contribution in [2.45, 2.75) is 0 Å². The fourth-order valence-electron chi connectivity index (χ4n) is 14.7. The van der Waals surface area contributed by atoms with E-state index in [-0.39, 0.29) is 0 Å². The van der Waals surface area contributed by atoms with E-state index in [1.165, 1.54) is 130 Å². The van der Waals surface area contributed by atoms with Gasteiger partial charge in [-0.1, -0.05) is 507 Å². The zero-order valence-corrected chi connectivity index (χ0v) is 71.9. The minimum Gasteiger partial charge on any atom is -0.423 e. The van der Waals surface area contributed by atoms with Crippen LogP contribution >= 0.6 is 47.8 Å². The Morgan fingerprint density at radius 3 is 0.631 bits per heavy atom. The Labute approximate surface area is 741 Å². The molecule has 0 atom stereocenters.